The molecule has 1 N–H and O–H groups in total. The molecule has 0 radical (unpaired) electrons. The van der Waals surface area contributed by atoms with Crippen molar-refractivity contribution in [3.63, 3.8) is 0 Å². The molecule has 1 fully saturated rings. The summed E-state index contributed by atoms with van der Waals surface area (Å²) in [5, 5.41) is 10.7. The third kappa shape index (κ3) is 4.42. The minimum Gasteiger partial charge on any atom is -0.486 e. The highest BCUT2D eigenvalue weighted by Crippen LogP contribution is 2.34. The Kier molecular flexibility index (Phi) is 6.07. The van der Waals surface area contributed by atoms with E-state index < -0.39 is 0 Å². The van der Waals surface area contributed by atoms with E-state index in [1.807, 2.05) is 37.1 Å². The quantitative estimate of drug-likeness (QED) is 0.627. The number of para-hydroxylation sites is 1. The van der Waals surface area contributed by atoms with Crippen LogP contribution in [-0.4, -0.2) is 51.2 Å². The van der Waals surface area contributed by atoms with Gasteiger partial charge in [0.25, 0.3) is 5.91 Å². The van der Waals surface area contributed by atoms with Gasteiger partial charge in [-0.1, -0.05) is 29.4 Å². The summed E-state index contributed by atoms with van der Waals surface area (Å²) in [5.41, 5.74) is 2.37. The minimum atomic E-state index is -0.329. The lowest BCUT2D eigenvalue weighted by Gasteiger charge is -2.39. The zero-order chi connectivity index (χ0) is 22.7. The van der Waals surface area contributed by atoms with E-state index in [-0.39, 0.29) is 17.9 Å². The maximum Gasteiger partial charge on any atom is 0.257 e. The van der Waals surface area contributed by atoms with Gasteiger partial charge in [-0.15, -0.1) is 0 Å². The molecule has 9 nitrogen and oxygen atoms in total. The average molecular weight is 437 g/mol. The molecule has 4 rings (SSSR count). The largest absolute Gasteiger partial charge is 0.486 e. The van der Waals surface area contributed by atoms with Crippen LogP contribution in [0.1, 0.15) is 53.0 Å². The van der Waals surface area contributed by atoms with Gasteiger partial charge in [0.15, 0.2) is 0 Å². The standard InChI is InChI=1S/C23H28N6O3/c1-15-12-20(24-4)26-22(25-15)23(3)10-7-11-29(14-23)21(30)17-8-5-6-9-19(17)31-13-18-16(2)27-32-28-18/h5-6,8-9,12H,7,10-11,13-14H2,1-4H3,(H,24,25,26). The molecule has 3 heterocycles. The Balaban J connectivity index is 1.55. The van der Waals surface area contributed by atoms with Crippen LogP contribution in [0.4, 0.5) is 5.82 Å². The highest BCUT2D eigenvalue weighted by molar-refractivity contribution is 5.97. The molecular formula is C23H28N6O3. The van der Waals surface area contributed by atoms with Crippen molar-refractivity contribution in [2.45, 2.75) is 45.6 Å². The minimum absolute atomic E-state index is 0.0667. The zero-order valence-electron chi connectivity index (χ0n) is 18.9. The summed E-state index contributed by atoms with van der Waals surface area (Å²) in [5.74, 6) is 1.99. The van der Waals surface area contributed by atoms with E-state index >= 15 is 0 Å². The molecule has 1 atom stereocenters. The van der Waals surface area contributed by atoms with E-state index in [0.29, 0.717) is 35.8 Å². The number of piperidine rings is 1. The van der Waals surface area contributed by atoms with E-state index in [2.05, 4.69) is 22.6 Å². The first-order valence-corrected chi connectivity index (χ1v) is 10.7. The van der Waals surface area contributed by atoms with Gasteiger partial charge in [0.1, 0.15) is 35.4 Å². The Bertz CT molecular complexity index is 1110. The second-order valence-electron chi connectivity index (χ2n) is 8.44. The first-order valence-electron chi connectivity index (χ1n) is 10.7. The molecule has 2 aromatic heterocycles. The van der Waals surface area contributed by atoms with E-state index in [1.54, 1.807) is 19.1 Å². The van der Waals surface area contributed by atoms with Gasteiger partial charge >= 0.3 is 0 Å². The first kappa shape index (κ1) is 21.7. The molecule has 3 aromatic rings. The second-order valence-corrected chi connectivity index (χ2v) is 8.44. The van der Waals surface area contributed by atoms with Crippen LogP contribution in [0.5, 0.6) is 5.75 Å². The average Bonchev–Trinajstić information content (AvgIpc) is 3.21. The Morgan fingerprint density at radius 2 is 2.06 bits per heavy atom. The predicted molar refractivity (Wildman–Crippen MR) is 119 cm³/mol. The maximum absolute atomic E-state index is 13.5. The van der Waals surface area contributed by atoms with Gasteiger partial charge < -0.3 is 15.0 Å². The van der Waals surface area contributed by atoms with E-state index in [4.69, 9.17) is 19.3 Å². The molecule has 1 aromatic carbocycles. The second kappa shape index (κ2) is 8.94. The fraction of sp³-hybridized carbons (Fsp3) is 0.435. The van der Waals surface area contributed by atoms with Crippen LogP contribution in [0, 0.1) is 13.8 Å². The predicted octanol–water partition coefficient (Wildman–Crippen LogP) is 3.29. The molecule has 1 unspecified atom stereocenters. The SMILES string of the molecule is CNc1cc(C)nc(C2(C)CCCN(C(=O)c3ccccc3OCc3nonc3C)C2)n1. The normalized spacial score (nSPS) is 18.4. The third-order valence-electron chi connectivity index (χ3n) is 5.86. The third-order valence-corrected chi connectivity index (χ3v) is 5.86. The number of amides is 1. The highest BCUT2D eigenvalue weighted by atomic mass is 16.6. The Morgan fingerprint density at radius 3 is 2.81 bits per heavy atom. The summed E-state index contributed by atoms with van der Waals surface area (Å²) in [7, 11) is 1.85. The zero-order valence-corrected chi connectivity index (χ0v) is 18.9. The van der Waals surface area contributed by atoms with Crippen molar-refractivity contribution in [3.05, 3.63) is 58.8 Å². The van der Waals surface area contributed by atoms with E-state index in [0.717, 1.165) is 30.2 Å². The molecule has 168 valence electrons. The summed E-state index contributed by atoms with van der Waals surface area (Å²) in [6, 6.07) is 9.19. The van der Waals surface area contributed by atoms with E-state index in [9.17, 15) is 4.79 Å². The summed E-state index contributed by atoms with van der Waals surface area (Å²) in [6.07, 6.45) is 1.79. The molecule has 0 spiro atoms. The van der Waals surface area contributed by atoms with Crippen LogP contribution in [0.25, 0.3) is 0 Å². The lowest BCUT2D eigenvalue weighted by atomic mass is 9.80. The number of likely N-dealkylation sites (tertiary alicyclic amines) is 1. The number of benzene rings is 1. The van der Waals surface area contributed by atoms with Gasteiger partial charge in [0.2, 0.25) is 0 Å². The number of nitrogens with one attached hydrogen (secondary N) is 1. The van der Waals surface area contributed by atoms with Crippen molar-refractivity contribution in [2.24, 2.45) is 0 Å². The molecule has 1 aliphatic rings. The summed E-state index contributed by atoms with van der Waals surface area (Å²) >= 11 is 0. The number of carbonyl (C=O) groups is 1. The number of aryl methyl sites for hydroxylation is 2. The number of carbonyl (C=O) groups excluding carboxylic acids is 1. The molecule has 1 amide bonds. The van der Waals surface area contributed by atoms with Gasteiger partial charge in [0.05, 0.1) is 5.56 Å². The number of aromatic nitrogens is 4. The maximum atomic E-state index is 13.5. The number of ether oxygens (including phenoxy) is 1. The smallest absolute Gasteiger partial charge is 0.257 e. The monoisotopic (exact) mass is 436 g/mol. The van der Waals surface area contributed by atoms with Crippen LogP contribution in [0.2, 0.25) is 0 Å². The molecule has 1 aliphatic heterocycles. The number of nitrogens with zero attached hydrogens (tertiary/aromatic N) is 5. The number of anilines is 1. The number of rotatable bonds is 6. The van der Waals surface area contributed by atoms with Crippen LogP contribution < -0.4 is 10.1 Å². The number of hydrogen-bond acceptors (Lipinski definition) is 8. The number of hydrogen-bond donors (Lipinski definition) is 1. The van der Waals surface area contributed by atoms with Crippen LogP contribution in [-0.2, 0) is 12.0 Å². The highest BCUT2D eigenvalue weighted by Gasteiger charge is 2.38. The summed E-state index contributed by atoms with van der Waals surface area (Å²) < 4.78 is 10.6. The fourth-order valence-corrected chi connectivity index (χ4v) is 4.03. The van der Waals surface area contributed by atoms with Crippen LogP contribution in [0.3, 0.4) is 0 Å². The lowest BCUT2D eigenvalue weighted by molar-refractivity contribution is 0.0639. The molecular weight excluding hydrogens is 408 g/mol. The van der Waals surface area contributed by atoms with Crippen molar-refractivity contribution >= 4 is 11.7 Å². The van der Waals surface area contributed by atoms with Gasteiger partial charge in [-0.3, -0.25) is 4.79 Å². The van der Waals surface area contributed by atoms with Gasteiger partial charge in [-0.05, 0) is 38.8 Å². The fourth-order valence-electron chi connectivity index (χ4n) is 4.03. The van der Waals surface area contributed by atoms with Crippen LogP contribution in [0.15, 0.2) is 35.0 Å². The Hall–Kier alpha value is -3.49. The Morgan fingerprint density at radius 1 is 1.25 bits per heavy atom. The lowest BCUT2D eigenvalue weighted by Crippen LogP contribution is -2.48. The summed E-state index contributed by atoms with van der Waals surface area (Å²) in [4.78, 5) is 24.8. The van der Waals surface area contributed by atoms with Crippen molar-refractivity contribution < 1.29 is 14.2 Å². The van der Waals surface area contributed by atoms with Gasteiger partial charge in [-0.25, -0.2) is 14.6 Å². The molecule has 1 saturated heterocycles. The van der Waals surface area contributed by atoms with Gasteiger partial charge in [-0.2, -0.15) is 0 Å². The van der Waals surface area contributed by atoms with Gasteiger partial charge in [0, 0.05) is 37.3 Å². The van der Waals surface area contributed by atoms with Crippen LogP contribution >= 0.6 is 0 Å². The molecule has 0 saturated carbocycles. The summed E-state index contributed by atoms with van der Waals surface area (Å²) in [6.45, 7) is 7.29. The molecule has 0 bridgehead atoms. The van der Waals surface area contributed by atoms with Crippen molar-refractivity contribution in [1.82, 2.24) is 25.2 Å². The first-order chi connectivity index (χ1) is 15.4. The molecule has 9 heteroatoms. The van der Waals surface area contributed by atoms with E-state index in [1.165, 1.54) is 0 Å². The molecule has 0 aliphatic carbocycles. The topological polar surface area (TPSA) is 106 Å². The molecule has 32 heavy (non-hydrogen) atoms. The van der Waals surface area contributed by atoms with Crippen molar-refractivity contribution in [3.8, 4) is 5.75 Å². The van der Waals surface area contributed by atoms with Crippen molar-refractivity contribution in [1.29, 1.82) is 0 Å². The Labute approximate surface area is 187 Å². The van der Waals surface area contributed by atoms with Crippen molar-refractivity contribution in [2.75, 3.05) is 25.5 Å².